The number of likely N-dealkylation sites (tertiary alicyclic amines) is 1. The van der Waals surface area contributed by atoms with Gasteiger partial charge < -0.3 is 34.7 Å². The highest BCUT2D eigenvalue weighted by Gasteiger charge is 2.48. The molecule has 5 aromatic rings. The van der Waals surface area contributed by atoms with Crippen molar-refractivity contribution in [2.45, 2.75) is 89.4 Å². The minimum absolute atomic E-state index is 0.125. The van der Waals surface area contributed by atoms with Crippen molar-refractivity contribution in [1.29, 1.82) is 0 Å². The summed E-state index contributed by atoms with van der Waals surface area (Å²) in [5.74, 6) is -2.59. The van der Waals surface area contributed by atoms with Gasteiger partial charge >= 0.3 is 7.82 Å². The number of hydrogen-bond donors (Lipinski definition) is 4. The number of nitrogens with one attached hydrogen (secondary N) is 1. The monoisotopic (exact) mass is 1060 g/mol. The number of pyridine rings is 3. The van der Waals surface area contributed by atoms with E-state index >= 15 is 0 Å². The van der Waals surface area contributed by atoms with E-state index in [9.17, 15) is 33.6 Å². The minimum atomic E-state index is -5.02. The minimum Gasteiger partial charge on any atom is -0.480 e. The predicted octanol–water partition coefficient (Wildman–Crippen LogP) is 5.29. The molecule has 0 bridgehead atoms. The molecule has 75 heavy (non-hydrogen) atoms. The number of aryl methyl sites for hydroxylation is 1. The molecule has 3 fully saturated rings. The van der Waals surface area contributed by atoms with Gasteiger partial charge in [-0.1, -0.05) is 0 Å². The molecule has 0 radical (unpaired) electrons. The second-order valence-electron chi connectivity index (χ2n) is 19.7. The van der Waals surface area contributed by atoms with E-state index in [4.69, 9.17) is 23.6 Å². The highest BCUT2D eigenvalue weighted by molar-refractivity contribution is 7.46. The SMILES string of the molecule is [2H]C([2H])([2H])Oc1ncc(-c2ccnc(N3CCc4c(sc5c4CCCC5)C3=O)c2CO)cc1Nc1ccc(N2CCN(C3CCN(c4ccc5c(c4)C(=O)N([C@H]4CCC(=O)N(COP(=O)(O)O)C4=O)C5=O)CC3)C[C@@H]2C)cn1. The van der Waals surface area contributed by atoms with Crippen molar-refractivity contribution >= 4 is 77.4 Å². The molecule has 4 aromatic heterocycles. The van der Waals surface area contributed by atoms with Crippen molar-refractivity contribution in [2.24, 2.45) is 0 Å². The lowest BCUT2D eigenvalue weighted by Gasteiger charge is -2.46. The summed E-state index contributed by atoms with van der Waals surface area (Å²) in [6.07, 6.45) is 11.1. The molecular weight excluding hydrogens is 1000 g/mol. The van der Waals surface area contributed by atoms with Gasteiger partial charge in [0.15, 0.2) is 0 Å². The standard InChI is InChI=1S/C52H57N10O11PS/c1-30-27-58(32-14-18-57(19-15-32)33-7-9-38-39(24-33)50(66)62(49(38)65)42-10-12-45(64)61(51(42)67)29-73-74(69,70)71)21-22-59(30)34-8-11-44(54-26-34)56-41-23-31(25-55-48(41)72-2)35-13-17-53-47(40(35)28-63)60-20-16-37-36-5-3-4-6-43(36)75-46(37)52(60)68/h7-9,11,13,17,23-26,30,32,42,63H,3-6,10,12,14-16,18-22,27-29H2,1-2H3,(H,54,56)(H2,69,70,71)/t30-,42-/m0/s1/i2D3. The number of nitrogens with zero attached hydrogens (tertiary/aromatic N) is 9. The van der Waals surface area contributed by atoms with Crippen molar-refractivity contribution < 1.29 is 56.8 Å². The zero-order chi connectivity index (χ0) is 54.8. The fourth-order valence-electron chi connectivity index (χ4n) is 11.6. The number of aromatic nitrogens is 3. The normalized spacial score (nSPS) is 21.5. The maximum Gasteiger partial charge on any atom is 0.471 e. The third-order valence-electron chi connectivity index (χ3n) is 15.4. The van der Waals surface area contributed by atoms with E-state index in [1.807, 2.05) is 6.07 Å². The summed E-state index contributed by atoms with van der Waals surface area (Å²) in [5, 5.41) is 14.0. The second kappa shape index (κ2) is 20.5. The topological polar surface area (TPSA) is 252 Å². The number of piperazine rings is 1. The number of aliphatic hydroxyl groups excluding tert-OH is 1. The Kier molecular flexibility index (Phi) is 12.8. The lowest BCUT2D eigenvalue weighted by Crippen LogP contribution is -2.57. The zero-order valence-corrected chi connectivity index (χ0v) is 42.7. The number of piperidine rings is 2. The fourth-order valence-corrected chi connectivity index (χ4v) is 13.3. The molecular formula is C52H57N10O11PS. The van der Waals surface area contributed by atoms with E-state index in [2.05, 4.69) is 41.4 Å². The summed E-state index contributed by atoms with van der Waals surface area (Å²) in [6.45, 7) is 4.90. The van der Waals surface area contributed by atoms with Crippen LogP contribution < -0.4 is 24.8 Å². The van der Waals surface area contributed by atoms with Gasteiger partial charge in [0.1, 0.15) is 30.1 Å². The van der Waals surface area contributed by atoms with Crippen molar-refractivity contribution in [3.8, 4) is 17.0 Å². The fraction of sp³-hybridized carbons (Fsp3) is 0.423. The smallest absolute Gasteiger partial charge is 0.471 e. The number of phosphoric ester groups is 1. The van der Waals surface area contributed by atoms with E-state index in [0.717, 1.165) is 84.9 Å². The highest BCUT2D eigenvalue weighted by atomic mass is 32.1. The van der Waals surface area contributed by atoms with Crippen LogP contribution in [0.5, 0.6) is 5.88 Å². The van der Waals surface area contributed by atoms with Crippen LogP contribution in [0.15, 0.2) is 61.1 Å². The Morgan fingerprint density at radius 3 is 2.39 bits per heavy atom. The molecule has 0 unspecified atom stereocenters. The first-order valence-electron chi connectivity index (χ1n) is 26.6. The molecule has 392 valence electrons. The highest BCUT2D eigenvalue weighted by Crippen LogP contribution is 2.42. The number of benzene rings is 1. The number of hydrogen-bond acceptors (Lipinski definition) is 17. The first-order chi connectivity index (χ1) is 37.3. The third-order valence-corrected chi connectivity index (χ3v) is 17.2. The number of phosphoric acid groups is 1. The van der Waals surface area contributed by atoms with Gasteiger partial charge in [0.25, 0.3) is 23.6 Å². The molecule has 23 heteroatoms. The quantitative estimate of drug-likeness (QED) is 0.0864. The lowest BCUT2D eigenvalue weighted by molar-refractivity contribution is -0.155. The molecule has 9 heterocycles. The van der Waals surface area contributed by atoms with Crippen LogP contribution in [-0.4, -0.2) is 145 Å². The Bertz CT molecular complexity index is 3280. The zero-order valence-electron chi connectivity index (χ0n) is 44.0. The predicted molar refractivity (Wildman–Crippen MR) is 277 cm³/mol. The number of carbonyl (C=O) groups is 5. The van der Waals surface area contributed by atoms with Gasteiger partial charge in [0.05, 0.1) is 45.6 Å². The number of fused-ring (bicyclic) bond motifs is 4. The molecule has 5 aliphatic heterocycles. The number of thiophene rings is 1. The second-order valence-corrected chi connectivity index (χ2v) is 22.0. The van der Waals surface area contributed by atoms with Crippen molar-refractivity contribution in [2.75, 3.05) is 73.1 Å². The van der Waals surface area contributed by atoms with E-state index in [1.54, 1.807) is 65.0 Å². The van der Waals surface area contributed by atoms with Crippen molar-refractivity contribution in [3.63, 3.8) is 0 Å². The molecule has 1 aliphatic carbocycles. The maximum atomic E-state index is 14.0. The number of anilines is 5. The Labute approximate surface area is 440 Å². The third kappa shape index (κ3) is 9.57. The number of rotatable bonds is 13. The van der Waals surface area contributed by atoms with Gasteiger partial charge in [0.2, 0.25) is 11.8 Å². The average Bonchev–Trinajstić information content (AvgIpc) is 3.92. The Hall–Kier alpha value is -6.65. The van der Waals surface area contributed by atoms with Crippen LogP contribution >= 0.6 is 19.2 Å². The summed E-state index contributed by atoms with van der Waals surface area (Å²) >= 11 is 1.58. The molecule has 11 rings (SSSR count). The van der Waals surface area contributed by atoms with Crippen LogP contribution in [0.2, 0.25) is 0 Å². The Balaban J connectivity index is 0.721. The number of imide groups is 2. The average molecular weight is 1060 g/mol. The summed E-state index contributed by atoms with van der Waals surface area (Å²) in [4.78, 5) is 111. The number of ether oxygens (including phenoxy) is 1. The van der Waals surface area contributed by atoms with Crippen molar-refractivity contribution in [3.05, 3.63) is 98.6 Å². The van der Waals surface area contributed by atoms with Gasteiger partial charge in [-0.25, -0.2) is 19.5 Å². The summed E-state index contributed by atoms with van der Waals surface area (Å²) in [5.41, 5.74) is 6.16. The van der Waals surface area contributed by atoms with Crippen LogP contribution in [0.1, 0.15) is 102 Å². The van der Waals surface area contributed by atoms with Gasteiger partial charge in [-0.2, -0.15) is 0 Å². The first kappa shape index (κ1) is 46.8. The summed E-state index contributed by atoms with van der Waals surface area (Å²) in [6, 6.07) is 11.3. The number of methoxy groups -OCH3 is 1. The first-order valence-corrected chi connectivity index (χ1v) is 27.5. The van der Waals surface area contributed by atoms with E-state index in [-0.39, 0.29) is 47.5 Å². The van der Waals surface area contributed by atoms with Crippen LogP contribution in [0.25, 0.3) is 11.1 Å². The molecule has 0 saturated carbocycles. The van der Waals surface area contributed by atoms with Gasteiger partial charge in [-0.15, -0.1) is 11.3 Å². The molecule has 4 N–H and O–H groups in total. The number of amides is 5. The van der Waals surface area contributed by atoms with Gasteiger partial charge in [-0.05, 0) is 117 Å². The van der Waals surface area contributed by atoms with Gasteiger partial charge in [0, 0.05) is 91.9 Å². The molecule has 5 amide bonds. The Morgan fingerprint density at radius 2 is 1.63 bits per heavy atom. The molecule has 2 atom stereocenters. The van der Waals surface area contributed by atoms with Crippen LogP contribution in [-0.2, 0) is 44.5 Å². The Morgan fingerprint density at radius 1 is 0.827 bits per heavy atom. The summed E-state index contributed by atoms with van der Waals surface area (Å²) < 4.78 is 44.6. The van der Waals surface area contributed by atoms with Crippen LogP contribution in [0, 0.1) is 0 Å². The summed E-state index contributed by atoms with van der Waals surface area (Å²) in [7, 11) is -7.83. The van der Waals surface area contributed by atoms with Crippen LogP contribution in [0.4, 0.5) is 28.7 Å². The number of aliphatic hydroxyl groups is 1. The molecule has 0 spiro atoms. The number of carbonyl (C=O) groups excluding carboxylic acids is 5. The van der Waals surface area contributed by atoms with E-state index in [0.29, 0.717) is 65.3 Å². The van der Waals surface area contributed by atoms with Crippen LogP contribution in [0.3, 0.4) is 0 Å². The van der Waals surface area contributed by atoms with E-state index < -0.39 is 57.9 Å². The molecule has 1 aromatic carbocycles. The van der Waals surface area contributed by atoms with E-state index in [1.165, 1.54) is 16.6 Å². The molecule has 21 nitrogen and oxygen atoms in total. The maximum absolute atomic E-state index is 14.0. The lowest BCUT2D eigenvalue weighted by atomic mass is 9.92. The van der Waals surface area contributed by atoms with Gasteiger partial charge in [-0.3, -0.25) is 48.1 Å². The largest absolute Gasteiger partial charge is 0.480 e. The molecule has 3 saturated heterocycles. The van der Waals surface area contributed by atoms with Crippen molar-refractivity contribution in [1.82, 2.24) is 29.7 Å². The molecule has 6 aliphatic rings.